The fraction of sp³-hybridized carbons (Fsp3) is 0.333. The first kappa shape index (κ1) is 15.3. The first-order valence-electron chi connectivity index (χ1n) is 7.75. The summed E-state index contributed by atoms with van der Waals surface area (Å²) >= 11 is 0. The number of amides is 2. The van der Waals surface area contributed by atoms with Crippen LogP contribution in [0.3, 0.4) is 0 Å². The molecule has 1 aromatic heterocycles. The van der Waals surface area contributed by atoms with E-state index < -0.39 is 0 Å². The molecular formula is C18H20N2O3. The van der Waals surface area contributed by atoms with Crippen molar-refractivity contribution < 1.29 is 14.0 Å². The molecule has 0 bridgehead atoms. The summed E-state index contributed by atoms with van der Waals surface area (Å²) in [4.78, 5) is 28.5. The average molecular weight is 312 g/mol. The highest BCUT2D eigenvalue weighted by molar-refractivity contribution is 5.96. The number of carbonyl (C=O) groups is 2. The molecular weight excluding hydrogens is 292 g/mol. The molecule has 2 aromatic rings. The van der Waals surface area contributed by atoms with Gasteiger partial charge in [-0.25, -0.2) is 0 Å². The number of piperazine rings is 1. The van der Waals surface area contributed by atoms with Gasteiger partial charge in [-0.05, 0) is 37.6 Å². The van der Waals surface area contributed by atoms with Gasteiger partial charge in [-0.2, -0.15) is 0 Å². The Labute approximate surface area is 135 Å². The molecule has 5 heteroatoms. The van der Waals surface area contributed by atoms with Crippen molar-refractivity contribution in [3.8, 4) is 0 Å². The van der Waals surface area contributed by atoms with Crippen LogP contribution in [0.2, 0.25) is 0 Å². The zero-order valence-corrected chi connectivity index (χ0v) is 13.4. The number of carbonyl (C=O) groups excluding carboxylic acids is 2. The van der Waals surface area contributed by atoms with Crippen LogP contribution in [0, 0.1) is 13.8 Å². The molecule has 0 saturated carbocycles. The summed E-state index contributed by atoms with van der Waals surface area (Å²) in [7, 11) is 0. The molecule has 1 aromatic carbocycles. The van der Waals surface area contributed by atoms with Crippen LogP contribution in [0.15, 0.2) is 41.0 Å². The molecule has 0 radical (unpaired) electrons. The predicted molar refractivity (Wildman–Crippen MR) is 86.4 cm³/mol. The minimum atomic E-state index is -0.117. The third kappa shape index (κ3) is 3.13. The quantitative estimate of drug-likeness (QED) is 0.856. The van der Waals surface area contributed by atoms with Crippen molar-refractivity contribution >= 4 is 11.8 Å². The van der Waals surface area contributed by atoms with Gasteiger partial charge in [0.25, 0.3) is 11.8 Å². The lowest BCUT2D eigenvalue weighted by Crippen LogP contribution is -2.50. The van der Waals surface area contributed by atoms with Gasteiger partial charge >= 0.3 is 0 Å². The van der Waals surface area contributed by atoms with Gasteiger partial charge in [0, 0.05) is 31.7 Å². The molecule has 0 aliphatic carbocycles. The Morgan fingerprint density at radius 3 is 2.22 bits per heavy atom. The molecule has 1 aliphatic heterocycles. The molecule has 1 aliphatic rings. The minimum absolute atomic E-state index is 0.0382. The van der Waals surface area contributed by atoms with E-state index >= 15 is 0 Å². The van der Waals surface area contributed by atoms with Crippen molar-refractivity contribution in [2.24, 2.45) is 0 Å². The number of hydrogen-bond donors (Lipinski definition) is 0. The van der Waals surface area contributed by atoms with Crippen LogP contribution in [-0.2, 0) is 0 Å². The van der Waals surface area contributed by atoms with Crippen LogP contribution in [-0.4, -0.2) is 47.8 Å². The molecule has 1 fully saturated rings. The van der Waals surface area contributed by atoms with Gasteiger partial charge in [0.05, 0.1) is 6.26 Å². The zero-order valence-electron chi connectivity index (χ0n) is 13.4. The van der Waals surface area contributed by atoms with E-state index in [2.05, 4.69) is 0 Å². The lowest BCUT2D eigenvalue weighted by Gasteiger charge is -2.34. The van der Waals surface area contributed by atoms with Gasteiger partial charge in [0.1, 0.15) is 0 Å². The second-order valence-corrected chi connectivity index (χ2v) is 5.88. The molecule has 0 atom stereocenters. The van der Waals surface area contributed by atoms with Crippen molar-refractivity contribution in [2.75, 3.05) is 26.2 Å². The molecule has 0 unspecified atom stereocenters. The Morgan fingerprint density at radius 2 is 1.61 bits per heavy atom. The van der Waals surface area contributed by atoms with Crippen LogP contribution < -0.4 is 0 Å². The Balaban J connectivity index is 1.66. The van der Waals surface area contributed by atoms with Crippen molar-refractivity contribution in [1.82, 2.24) is 9.80 Å². The molecule has 2 heterocycles. The van der Waals surface area contributed by atoms with Gasteiger partial charge < -0.3 is 14.2 Å². The topological polar surface area (TPSA) is 53.8 Å². The maximum atomic E-state index is 12.7. The highest BCUT2D eigenvalue weighted by Gasteiger charge is 2.27. The van der Waals surface area contributed by atoms with Crippen LogP contribution in [0.1, 0.15) is 32.0 Å². The van der Waals surface area contributed by atoms with Crippen LogP contribution in [0.4, 0.5) is 0 Å². The molecule has 2 amide bonds. The van der Waals surface area contributed by atoms with E-state index in [1.165, 1.54) is 6.26 Å². The lowest BCUT2D eigenvalue weighted by atomic mass is 10.0. The maximum Gasteiger partial charge on any atom is 0.289 e. The number of hydrogen-bond acceptors (Lipinski definition) is 3. The second-order valence-electron chi connectivity index (χ2n) is 5.88. The van der Waals surface area contributed by atoms with Gasteiger partial charge in [0.2, 0.25) is 0 Å². The van der Waals surface area contributed by atoms with Crippen molar-refractivity contribution in [1.29, 1.82) is 0 Å². The summed E-state index contributed by atoms with van der Waals surface area (Å²) in [6.07, 6.45) is 1.49. The van der Waals surface area contributed by atoms with Gasteiger partial charge in [0.15, 0.2) is 5.76 Å². The second kappa shape index (κ2) is 6.28. The normalized spacial score (nSPS) is 14.9. The van der Waals surface area contributed by atoms with E-state index in [4.69, 9.17) is 4.42 Å². The van der Waals surface area contributed by atoms with Crippen LogP contribution >= 0.6 is 0 Å². The van der Waals surface area contributed by atoms with E-state index in [-0.39, 0.29) is 11.8 Å². The molecule has 1 saturated heterocycles. The zero-order chi connectivity index (χ0) is 16.4. The summed E-state index contributed by atoms with van der Waals surface area (Å²) in [6.45, 7) is 6.06. The standard InChI is InChI=1S/C18H20N2O3/c1-13-5-6-14(2)15(12-13)17(21)19-7-9-20(10-8-19)18(22)16-4-3-11-23-16/h3-6,11-12H,7-10H2,1-2H3. The van der Waals surface area contributed by atoms with Crippen molar-refractivity contribution in [2.45, 2.75) is 13.8 Å². The molecule has 120 valence electrons. The Hall–Kier alpha value is -2.56. The molecule has 3 rings (SSSR count). The van der Waals surface area contributed by atoms with Gasteiger partial charge in [-0.3, -0.25) is 9.59 Å². The average Bonchev–Trinajstić information content (AvgIpc) is 3.10. The summed E-state index contributed by atoms with van der Waals surface area (Å²) in [5, 5.41) is 0. The number of aryl methyl sites for hydroxylation is 2. The highest BCUT2D eigenvalue weighted by atomic mass is 16.3. The van der Waals surface area contributed by atoms with E-state index in [1.807, 2.05) is 36.9 Å². The van der Waals surface area contributed by atoms with Crippen molar-refractivity contribution in [3.63, 3.8) is 0 Å². The van der Waals surface area contributed by atoms with E-state index in [9.17, 15) is 9.59 Å². The third-order valence-electron chi connectivity index (χ3n) is 4.21. The lowest BCUT2D eigenvalue weighted by molar-refractivity contribution is 0.0517. The van der Waals surface area contributed by atoms with Crippen LogP contribution in [0.5, 0.6) is 0 Å². The summed E-state index contributed by atoms with van der Waals surface area (Å²) < 4.78 is 5.15. The first-order valence-corrected chi connectivity index (χ1v) is 7.75. The number of rotatable bonds is 2. The number of benzene rings is 1. The van der Waals surface area contributed by atoms with Gasteiger partial charge in [-0.1, -0.05) is 17.7 Å². The van der Waals surface area contributed by atoms with Crippen molar-refractivity contribution in [3.05, 3.63) is 59.0 Å². The van der Waals surface area contributed by atoms with E-state index in [0.29, 0.717) is 31.9 Å². The SMILES string of the molecule is Cc1ccc(C)c(C(=O)N2CCN(C(=O)c3ccco3)CC2)c1. The summed E-state index contributed by atoms with van der Waals surface area (Å²) in [5.74, 6) is 0.268. The maximum absolute atomic E-state index is 12.7. The monoisotopic (exact) mass is 312 g/mol. The largest absolute Gasteiger partial charge is 0.459 e. The summed E-state index contributed by atoms with van der Waals surface area (Å²) in [5.41, 5.74) is 2.80. The Morgan fingerprint density at radius 1 is 0.957 bits per heavy atom. The third-order valence-corrected chi connectivity index (χ3v) is 4.21. The number of nitrogens with zero attached hydrogens (tertiary/aromatic N) is 2. The van der Waals surface area contributed by atoms with Gasteiger partial charge in [-0.15, -0.1) is 0 Å². The molecule has 0 N–H and O–H groups in total. The van der Waals surface area contributed by atoms with E-state index in [0.717, 1.165) is 16.7 Å². The fourth-order valence-corrected chi connectivity index (χ4v) is 2.81. The Bertz CT molecular complexity index is 714. The predicted octanol–water partition coefficient (Wildman–Crippen LogP) is 2.49. The molecule has 23 heavy (non-hydrogen) atoms. The smallest absolute Gasteiger partial charge is 0.289 e. The minimum Gasteiger partial charge on any atom is -0.459 e. The first-order chi connectivity index (χ1) is 11.1. The van der Waals surface area contributed by atoms with E-state index in [1.54, 1.807) is 17.0 Å². The summed E-state index contributed by atoms with van der Waals surface area (Å²) in [6, 6.07) is 9.27. The Kier molecular flexibility index (Phi) is 4.19. The highest BCUT2D eigenvalue weighted by Crippen LogP contribution is 2.16. The molecule has 0 spiro atoms. The fourth-order valence-electron chi connectivity index (χ4n) is 2.81. The molecule has 5 nitrogen and oxygen atoms in total. The van der Waals surface area contributed by atoms with Crippen LogP contribution in [0.25, 0.3) is 0 Å². The number of furan rings is 1.